The third kappa shape index (κ3) is 4.02. The predicted molar refractivity (Wildman–Crippen MR) is 62.7 cm³/mol. The smallest absolute Gasteiger partial charge is 0.218 e. The van der Waals surface area contributed by atoms with E-state index in [1.165, 1.54) is 0 Å². The molecule has 1 N–H and O–H groups in total. The third-order valence-corrected chi connectivity index (χ3v) is 1.87. The minimum Gasteiger partial charge on any atom is -0.478 e. The molecule has 90 valence electrons. The van der Waals surface area contributed by atoms with Crippen LogP contribution in [0.3, 0.4) is 0 Å². The van der Waals surface area contributed by atoms with Gasteiger partial charge in [0.2, 0.25) is 5.88 Å². The first-order valence-electron chi connectivity index (χ1n) is 5.53. The first kappa shape index (κ1) is 12.7. The van der Waals surface area contributed by atoms with E-state index in [1.807, 2.05) is 6.92 Å². The zero-order valence-corrected chi connectivity index (χ0v) is 10.1. The molecule has 0 fully saturated rings. The number of aromatic nitrogens is 2. The monoisotopic (exact) mass is 225 g/mol. The van der Waals surface area contributed by atoms with Crippen molar-refractivity contribution in [3.8, 4) is 5.88 Å². The first-order chi connectivity index (χ1) is 7.80. The molecule has 0 atom stereocenters. The highest BCUT2D eigenvalue weighted by atomic mass is 16.5. The van der Waals surface area contributed by atoms with Gasteiger partial charge in [-0.1, -0.05) is 6.92 Å². The number of nitrogens with one attached hydrogen (secondary N) is 1. The molecule has 0 aromatic carbocycles. The minimum atomic E-state index is 0.391. The first-order valence-corrected chi connectivity index (χ1v) is 5.53. The van der Waals surface area contributed by atoms with E-state index in [0.717, 1.165) is 18.8 Å². The number of hydrogen-bond donors (Lipinski definition) is 1. The van der Waals surface area contributed by atoms with Crippen molar-refractivity contribution in [2.75, 3.05) is 25.6 Å². The van der Waals surface area contributed by atoms with Crippen LogP contribution in [0.5, 0.6) is 5.88 Å². The molecule has 1 aromatic heterocycles. The molecule has 0 unspecified atom stereocenters. The maximum Gasteiger partial charge on any atom is 0.218 e. The van der Waals surface area contributed by atoms with E-state index >= 15 is 0 Å². The van der Waals surface area contributed by atoms with Crippen molar-refractivity contribution in [2.45, 2.75) is 26.9 Å². The fourth-order valence-electron chi connectivity index (χ4n) is 1.23. The van der Waals surface area contributed by atoms with Gasteiger partial charge in [0.05, 0.1) is 6.61 Å². The van der Waals surface area contributed by atoms with Crippen LogP contribution in [0.2, 0.25) is 0 Å². The number of rotatable bonds is 7. The highest BCUT2D eigenvalue weighted by Gasteiger charge is 2.04. The van der Waals surface area contributed by atoms with Crippen LogP contribution in [0.25, 0.3) is 0 Å². The van der Waals surface area contributed by atoms with Gasteiger partial charge in [-0.3, -0.25) is 0 Å². The summed E-state index contributed by atoms with van der Waals surface area (Å²) in [7, 11) is 1.62. The van der Waals surface area contributed by atoms with Crippen LogP contribution < -0.4 is 10.1 Å². The Morgan fingerprint density at radius 2 is 2.12 bits per heavy atom. The second-order valence-electron chi connectivity index (χ2n) is 3.30. The van der Waals surface area contributed by atoms with Gasteiger partial charge in [-0.25, -0.2) is 4.98 Å². The van der Waals surface area contributed by atoms with E-state index in [2.05, 4.69) is 22.2 Å². The summed E-state index contributed by atoms with van der Waals surface area (Å²) in [5.74, 6) is 2.00. The number of ether oxygens (including phenoxy) is 2. The molecule has 0 amide bonds. The third-order valence-electron chi connectivity index (χ3n) is 1.87. The molecule has 0 aliphatic rings. The Balaban J connectivity index is 2.80. The van der Waals surface area contributed by atoms with Gasteiger partial charge in [-0.05, 0) is 13.3 Å². The molecule has 0 aliphatic carbocycles. The van der Waals surface area contributed by atoms with E-state index in [0.29, 0.717) is 24.9 Å². The molecule has 5 nitrogen and oxygen atoms in total. The average Bonchev–Trinajstić information content (AvgIpc) is 2.27. The molecule has 1 rings (SSSR count). The van der Waals surface area contributed by atoms with Crippen molar-refractivity contribution in [2.24, 2.45) is 0 Å². The minimum absolute atomic E-state index is 0.391. The molecule has 0 aliphatic heterocycles. The molecule has 1 aromatic rings. The van der Waals surface area contributed by atoms with Gasteiger partial charge in [0.15, 0.2) is 5.82 Å². The van der Waals surface area contributed by atoms with Gasteiger partial charge in [0.1, 0.15) is 12.4 Å². The molecule has 0 radical (unpaired) electrons. The van der Waals surface area contributed by atoms with E-state index in [1.54, 1.807) is 13.2 Å². The van der Waals surface area contributed by atoms with Crippen molar-refractivity contribution in [3.63, 3.8) is 0 Å². The zero-order chi connectivity index (χ0) is 11.8. The summed E-state index contributed by atoms with van der Waals surface area (Å²) in [6.45, 7) is 5.90. The Bertz CT molecular complexity index is 294. The largest absolute Gasteiger partial charge is 0.478 e. The number of nitrogens with zero attached hydrogens (tertiary/aromatic N) is 2. The lowest BCUT2D eigenvalue weighted by atomic mass is 10.4. The highest BCUT2D eigenvalue weighted by Crippen LogP contribution is 2.14. The molecule has 1 heterocycles. The average molecular weight is 225 g/mol. The van der Waals surface area contributed by atoms with Crippen LogP contribution in [0, 0.1) is 0 Å². The summed E-state index contributed by atoms with van der Waals surface area (Å²) in [4.78, 5) is 8.54. The van der Waals surface area contributed by atoms with Gasteiger partial charge < -0.3 is 14.8 Å². The normalized spacial score (nSPS) is 10.2. The van der Waals surface area contributed by atoms with Gasteiger partial charge >= 0.3 is 0 Å². The van der Waals surface area contributed by atoms with Crippen molar-refractivity contribution in [1.29, 1.82) is 0 Å². The standard InChI is InChI=1S/C11H19N3O2/c1-4-6-12-9-7-11(16-5-2)14-10(13-9)8-15-3/h7H,4-6,8H2,1-3H3,(H,12,13,14). The molecular weight excluding hydrogens is 206 g/mol. The van der Waals surface area contributed by atoms with E-state index < -0.39 is 0 Å². The summed E-state index contributed by atoms with van der Waals surface area (Å²) in [5.41, 5.74) is 0. The van der Waals surface area contributed by atoms with Crippen molar-refractivity contribution in [3.05, 3.63) is 11.9 Å². The Kier molecular flexibility index (Phi) is 5.56. The van der Waals surface area contributed by atoms with Crippen LogP contribution in [0.15, 0.2) is 6.07 Å². The SMILES string of the molecule is CCCNc1cc(OCC)nc(COC)n1. The maximum absolute atomic E-state index is 5.37. The Hall–Kier alpha value is -1.36. The number of methoxy groups -OCH3 is 1. The quantitative estimate of drug-likeness (QED) is 0.767. The van der Waals surface area contributed by atoms with Gasteiger partial charge in [0, 0.05) is 19.7 Å². The second-order valence-corrected chi connectivity index (χ2v) is 3.30. The van der Waals surface area contributed by atoms with Crippen LogP contribution in [-0.4, -0.2) is 30.2 Å². The predicted octanol–water partition coefficient (Wildman–Crippen LogP) is 1.84. The summed E-state index contributed by atoms with van der Waals surface area (Å²) in [6, 6.07) is 1.80. The molecule has 0 saturated heterocycles. The maximum atomic E-state index is 5.37. The Morgan fingerprint density at radius 1 is 1.31 bits per heavy atom. The fourth-order valence-corrected chi connectivity index (χ4v) is 1.23. The van der Waals surface area contributed by atoms with E-state index in [-0.39, 0.29) is 0 Å². The molecule has 0 bridgehead atoms. The fraction of sp³-hybridized carbons (Fsp3) is 0.636. The molecule has 0 saturated carbocycles. The lowest BCUT2D eigenvalue weighted by molar-refractivity contribution is 0.176. The Morgan fingerprint density at radius 3 is 2.75 bits per heavy atom. The van der Waals surface area contributed by atoms with Gasteiger partial charge in [-0.2, -0.15) is 4.98 Å². The summed E-state index contributed by atoms with van der Waals surface area (Å²) >= 11 is 0. The Labute approximate surface area is 96.2 Å². The summed E-state index contributed by atoms with van der Waals surface area (Å²) in [5, 5.41) is 3.21. The van der Waals surface area contributed by atoms with Crippen LogP contribution in [0.4, 0.5) is 5.82 Å². The lowest BCUT2D eigenvalue weighted by Crippen LogP contribution is -2.07. The molecular formula is C11H19N3O2. The van der Waals surface area contributed by atoms with Crippen LogP contribution in [0.1, 0.15) is 26.1 Å². The topological polar surface area (TPSA) is 56.3 Å². The zero-order valence-electron chi connectivity index (χ0n) is 10.1. The molecule has 5 heteroatoms. The van der Waals surface area contributed by atoms with Crippen LogP contribution >= 0.6 is 0 Å². The van der Waals surface area contributed by atoms with E-state index in [9.17, 15) is 0 Å². The summed E-state index contributed by atoms with van der Waals surface area (Å²) < 4.78 is 10.4. The van der Waals surface area contributed by atoms with Gasteiger partial charge in [0.25, 0.3) is 0 Å². The van der Waals surface area contributed by atoms with Crippen molar-refractivity contribution < 1.29 is 9.47 Å². The highest BCUT2D eigenvalue weighted by molar-refractivity contribution is 5.38. The molecule has 0 spiro atoms. The van der Waals surface area contributed by atoms with Gasteiger partial charge in [-0.15, -0.1) is 0 Å². The van der Waals surface area contributed by atoms with Crippen molar-refractivity contribution in [1.82, 2.24) is 9.97 Å². The van der Waals surface area contributed by atoms with Crippen LogP contribution in [-0.2, 0) is 11.3 Å². The van der Waals surface area contributed by atoms with Crippen molar-refractivity contribution >= 4 is 5.82 Å². The second kappa shape index (κ2) is 7.00. The lowest BCUT2D eigenvalue weighted by Gasteiger charge is -2.09. The molecule has 16 heavy (non-hydrogen) atoms. The van der Waals surface area contributed by atoms with E-state index in [4.69, 9.17) is 9.47 Å². The summed E-state index contributed by atoms with van der Waals surface area (Å²) in [6.07, 6.45) is 1.05. The number of hydrogen-bond acceptors (Lipinski definition) is 5. The number of anilines is 1.